The van der Waals surface area contributed by atoms with E-state index in [1.807, 2.05) is 6.92 Å². The number of aliphatic carboxylic acids is 1. The Morgan fingerprint density at radius 3 is 2.77 bits per heavy atom. The number of amides is 1. The molecule has 0 unspecified atom stereocenters. The first kappa shape index (κ1) is 18.7. The van der Waals surface area contributed by atoms with Crippen molar-refractivity contribution in [3.8, 4) is 11.3 Å². The zero-order chi connectivity index (χ0) is 18.8. The number of likely N-dealkylation sites (tertiary alicyclic amines) is 1. The maximum Gasteiger partial charge on any atom is 0.308 e. The lowest BCUT2D eigenvalue weighted by Crippen LogP contribution is -2.30. The quantitative estimate of drug-likeness (QED) is 0.831. The van der Waals surface area contributed by atoms with Crippen molar-refractivity contribution >= 4 is 35.1 Å². The monoisotopic (exact) mass is 396 g/mol. The van der Waals surface area contributed by atoms with Gasteiger partial charge in [-0.2, -0.15) is 0 Å². The molecule has 2 atom stereocenters. The van der Waals surface area contributed by atoms with Crippen molar-refractivity contribution < 1.29 is 19.1 Å². The molecule has 0 aliphatic carbocycles. The van der Waals surface area contributed by atoms with Gasteiger partial charge in [-0.3, -0.25) is 9.59 Å². The van der Waals surface area contributed by atoms with Crippen LogP contribution in [0.1, 0.15) is 19.2 Å². The van der Waals surface area contributed by atoms with E-state index in [-0.39, 0.29) is 24.8 Å². The SMILES string of the molecule is C[C@@H]1CN(C(=O)CCc2ncc(-c3ccc(Cl)cc3Cl)o2)C[C@H]1C(=O)O. The molecule has 1 aromatic carbocycles. The number of aromatic nitrogens is 1. The van der Waals surface area contributed by atoms with Gasteiger partial charge >= 0.3 is 5.97 Å². The summed E-state index contributed by atoms with van der Waals surface area (Å²) in [6.45, 7) is 2.57. The minimum absolute atomic E-state index is 0.0446. The molecule has 0 bridgehead atoms. The maximum atomic E-state index is 12.3. The molecule has 1 saturated heterocycles. The fourth-order valence-electron chi connectivity index (χ4n) is 3.10. The van der Waals surface area contributed by atoms with Crippen LogP contribution in [0.15, 0.2) is 28.8 Å². The predicted octanol–water partition coefficient (Wildman–Crippen LogP) is 3.76. The van der Waals surface area contributed by atoms with Crippen LogP contribution in [0.4, 0.5) is 0 Å². The summed E-state index contributed by atoms with van der Waals surface area (Å²) in [7, 11) is 0. The number of nitrogens with zero attached hydrogens (tertiary/aromatic N) is 2. The maximum absolute atomic E-state index is 12.3. The number of carboxylic acids is 1. The molecular weight excluding hydrogens is 379 g/mol. The number of aryl methyl sites for hydroxylation is 1. The highest BCUT2D eigenvalue weighted by atomic mass is 35.5. The van der Waals surface area contributed by atoms with E-state index in [0.717, 1.165) is 0 Å². The molecule has 1 aliphatic heterocycles. The van der Waals surface area contributed by atoms with Crippen molar-refractivity contribution in [2.75, 3.05) is 13.1 Å². The number of carboxylic acid groups (broad SMARTS) is 1. The van der Waals surface area contributed by atoms with Gasteiger partial charge in [-0.05, 0) is 24.1 Å². The summed E-state index contributed by atoms with van der Waals surface area (Å²) >= 11 is 12.0. The molecule has 3 rings (SSSR count). The molecule has 138 valence electrons. The third-order valence-electron chi connectivity index (χ3n) is 4.59. The molecule has 2 aromatic rings. The molecule has 6 nitrogen and oxygen atoms in total. The Morgan fingerprint density at radius 1 is 1.35 bits per heavy atom. The zero-order valence-corrected chi connectivity index (χ0v) is 15.6. The Hall–Kier alpha value is -2.05. The van der Waals surface area contributed by atoms with Crippen LogP contribution in [0.3, 0.4) is 0 Å². The van der Waals surface area contributed by atoms with Crippen molar-refractivity contribution in [2.45, 2.75) is 19.8 Å². The van der Waals surface area contributed by atoms with E-state index in [1.165, 1.54) is 0 Å². The predicted molar refractivity (Wildman–Crippen MR) is 97.1 cm³/mol. The molecule has 1 fully saturated rings. The molecule has 1 N–H and O–H groups in total. The minimum atomic E-state index is -0.856. The van der Waals surface area contributed by atoms with Crippen LogP contribution < -0.4 is 0 Å². The lowest BCUT2D eigenvalue weighted by Gasteiger charge is -2.15. The molecule has 0 spiro atoms. The average Bonchev–Trinajstić information content (AvgIpc) is 3.19. The first-order chi connectivity index (χ1) is 12.3. The molecular formula is C18H18Cl2N2O4. The second-order valence-corrected chi connectivity index (χ2v) is 7.31. The van der Waals surface area contributed by atoms with Gasteiger partial charge in [0, 0.05) is 36.5 Å². The Kier molecular flexibility index (Phi) is 5.53. The summed E-state index contributed by atoms with van der Waals surface area (Å²) in [4.78, 5) is 29.3. The van der Waals surface area contributed by atoms with Gasteiger partial charge in [-0.25, -0.2) is 4.98 Å². The van der Waals surface area contributed by atoms with Crippen LogP contribution in [0, 0.1) is 11.8 Å². The van der Waals surface area contributed by atoms with Gasteiger partial charge in [-0.15, -0.1) is 0 Å². The Balaban J connectivity index is 1.60. The fraction of sp³-hybridized carbons (Fsp3) is 0.389. The first-order valence-electron chi connectivity index (χ1n) is 8.26. The molecule has 0 saturated carbocycles. The van der Waals surface area contributed by atoms with E-state index < -0.39 is 11.9 Å². The van der Waals surface area contributed by atoms with E-state index in [9.17, 15) is 9.59 Å². The Labute approximate surface area is 160 Å². The molecule has 0 radical (unpaired) electrons. The van der Waals surface area contributed by atoms with Gasteiger partial charge in [0.2, 0.25) is 5.91 Å². The lowest BCUT2D eigenvalue weighted by molar-refractivity contribution is -0.142. The number of halogens is 2. The summed E-state index contributed by atoms with van der Waals surface area (Å²) in [5.41, 5.74) is 0.679. The van der Waals surface area contributed by atoms with Gasteiger partial charge in [0.15, 0.2) is 11.7 Å². The molecule has 26 heavy (non-hydrogen) atoms. The van der Waals surface area contributed by atoms with E-state index in [1.54, 1.807) is 29.3 Å². The van der Waals surface area contributed by atoms with Crippen molar-refractivity contribution in [3.05, 3.63) is 40.3 Å². The summed E-state index contributed by atoms with van der Waals surface area (Å²) in [6, 6.07) is 5.08. The number of carbonyl (C=O) groups excluding carboxylic acids is 1. The van der Waals surface area contributed by atoms with Crippen molar-refractivity contribution in [2.24, 2.45) is 11.8 Å². The molecule has 1 aliphatic rings. The minimum Gasteiger partial charge on any atom is -0.481 e. The largest absolute Gasteiger partial charge is 0.481 e. The third kappa shape index (κ3) is 4.02. The first-order valence-corrected chi connectivity index (χ1v) is 9.01. The number of rotatable bonds is 5. The van der Waals surface area contributed by atoms with Crippen LogP contribution in [0.25, 0.3) is 11.3 Å². The molecule has 8 heteroatoms. The van der Waals surface area contributed by atoms with E-state index >= 15 is 0 Å². The Bertz CT molecular complexity index is 836. The van der Waals surface area contributed by atoms with Gasteiger partial charge in [0.05, 0.1) is 17.1 Å². The highest BCUT2D eigenvalue weighted by Crippen LogP contribution is 2.31. The smallest absolute Gasteiger partial charge is 0.308 e. The molecule has 1 aromatic heterocycles. The highest BCUT2D eigenvalue weighted by Gasteiger charge is 2.36. The van der Waals surface area contributed by atoms with E-state index in [4.69, 9.17) is 32.7 Å². The summed E-state index contributed by atoms with van der Waals surface area (Å²) in [5.74, 6) is -0.553. The van der Waals surface area contributed by atoms with Gasteiger partial charge < -0.3 is 14.4 Å². The number of oxazole rings is 1. The van der Waals surface area contributed by atoms with Gasteiger partial charge in [0.25, 0.3) is 0 Å². The van der Waals surface area contributed by atoms with E-state index in [2.05, 4.69) is 4.98 Å². The summed E-state index contributed by atoms with van der Waals surface area (Å²) < 4.78 is 5.68. The standard InChI is InChI=1S/C18H18Cl2N2O4/c1-10-8-22(9-13(10)18(24)25)17(23)5-4-16-21-7-15(26-16)12-3-2-11(19)6-14(12)20/h2-3,6-7,10,13H,4-5,8-9H2,1H3,(H,24,25)/t10-,13-/m1/s1. The molecule has 2 heterocycles. The lowest BCUT2D eigenvalue weighted by atomic mass is 9.99. The molecule has 1 amide bonds. The van der Waals surface area contributed by atoms with Gasteiger partial charge in [0.1, 0.15) is 0 Å². The van der Waals surface area contributed by atoms with Crippen LogP contribution >= 0.6 is 23.2 Å². The van der Waals surface area contributed by atoms with Crippen molar-refractivity contribution in [1.29, 1.82) is 0 Å². The fourth-order valence-corrected chi connectivity index (χ4v) is 3.61. The van der Waals surface area contributed by atoms with E-state index in [0.29, 0.717) is 40.2 Å². The number of hydrogen-bond donors (Lipinski definition) is 1. The number of hydrogen-bond acceptors (Lipinski definition) is 4. The van der Waals surface area contributed by atoms with Crippen LogP contribution in [-0.4, -0.2) is 40.0 Å². The number of benzene rings is 1. The van der Waals surface area contributed by atoms with Crippen LogP contribution in [-0.2, 0) is 16.0 Å². The summed E-state index contributed by atoms with van der Waals surface area (Å²) in [5, 5.41) is 10.2. The topological polar surface area (TPSA) is 83.6 Å². The van der Waals surface area contributed by atoms with Crippen molar-refractivity contribution in [1.82, 2.24) is 9.88 Å². The zero-order valence-electron chi connectivity index (χ0n) is 14.1. The third-order valence-corrected chi connectivity index (χ3v) is 5.13. The van der Waals surface area contributed by atoms with Crippen molar-refractivity contribution in [3.63, 3.8) is 0 Å². The average molecular weight is 397 g/mol. The van der Waals surface area contributed by atoms with Gasteiger partial charge in [-0.1, -0.05) is 30.1 Å². The Morgan fingerprint density at radius 2 is 2.12 bits per heavy atom. The second-order valence-electron chi connectivity index (χ2n) is 6.46. The second kappa shape index (κ2) is 7.68. The summed E-state index contributed by atoms with van der Waals surface area (Å²) in [6.07, 6.45) is 2.12. The van der Waals surface area contributed by atoms with Crippen LogP contribution in [0.2, 0.25) is 10.0 Å². The highest BCUT2D eigenvalue weighted by molar-refractivity contribution is 6.36. The van der Waals surface area contributed by atoms with Crippen LogP contribution in [0.5, 0.6) is 0 Å². The number of carbonyl (C=O) groups is 2. The normalized spacial score (nSPS) is 19.7.